The maximum absolute atomic E-state index is 12.6. The lowest BCUT2D eigenvalue weighted by atomic mass is 10.1. The van der Waals surface area contributed by atoms with Gasteiger partial charge in [-0.3, -0.25) is 9.59 Å². The van der Waals surface area contributed by atoms with Crippen molar-refractivity contribution in [1.29, 1.82) is 0 Å². The number of nitrogens with one attached hydrogen (secondary N) is 3. The third-order valence-electron chi connectivity index (χ3n) is 4.10. The molecule has 0 radical (unpaired) electrons. The number of amides is 3. The molecule has 0 spiro atoms. The van der Waals surface area contributed by atoms with Gasteiger partial charge in [-0.25, -0.2) is 4.79 Å². The molecule has 0 heterocycles. The van der Waals surface area contributed by atoms with Crippen molar-refractivity contribution in [3.63, 3.8) is 0 Å². The van der Waals surface area contributed by atoms with Crippen molar-refractivity contribution in [3.05, 3.63) is 71.8 Å². The number of carbonyl (C=O) groups excluding carboxylic acids is 3. The molecule has 2 unspecified atom stereocenters. The zero-order chi connectivity index (χ0) is 20.4. The summed E-state index contributed by atoms with van der Waals surface area (Å²) in [6.45, 7) is 1.67. The van der Waals surface area contributed by atoms with Crippen LogP contribution < -0.4 is 16.0 Å². The van der Waals surface area contributed by atoms with E-state index in [-0.39, 0.29) is 18.9 Å². The van der Waals surface area contributed by atoms with E-state index in [9.17, 15) is 14.4 Å². The first-order valence-electron chi connectivity index (χ1n) is 9.02. The van der Waals surface area contributed by atoms with Crippen LogP contribution in [-0.4, -0.2) is 37.0 Å². The van der Waals surface area contributed by atoms with Gasteiger partial charge in [0.2, 0.25) is 11.8 Å². The Morgan fingerprint density at radius 2 is 1.43 bits per heavy atom. The number of rotatable bonds is 8. The molecule has 0 aromatic heterocycles. The first-order chi connectivity index (χ1) is 13.5. The molecule has 2 aromatic rings. The molecular weight excluding hydrogens is 358 g/mol. The van der Waals surface area contributed by atoms with Crippen molar-refractivity contribution >= 4 is 17.9 Å². The maximum Gasteiger partial charge on any atom is 0.408 e. The second-order valence-corrected chi connectivity index (χ2v) is 6.29. The SMILES string of the molecule is CNC(=O)C(C)NC(=O)C(Cc1ccccc1)NC(=O)OCc1ccccc1. The summed E-state index contributed by atoms with van der Waals surface area (Å²) in [5.41, 5.74) is 1.72. The van der Waals surface area contributed by atoms with Gasteiger partial charge in [-0.2, -0.15) is 0 Å². The van der Waals surface area contributed by atoms with Gasteiger partial charge in [0, 0.05) is 13.5 Å². The van der Waals surface area contributed by atoms with Crippen LogP contribution in [0.5, 0.6) is 0 Å². The zero-order valence-electron chi connectivity index (χ0n) is 16.0. The predicted molar refractivity (Wildman–Crippen MR) is 105 cm³/mol. The van der Waals surface area contributed by atoms with Crippen LogP contribution in [0.3, 0.4) is 0 Å². The van der Waals surface area contributed by atoms with Gasteiger partial charge in [-0.1, -0.05) is 60.7 Å². The van der Waals surface area contributed by atoms with Crippen LogP contribution in [0.25, 0.3) is 0 Å². The largest absolute Gasteiger partial charge is 0.445 e. The predicted octanol–water partition coefficient (Wildman–Crippen LogP) is 1.77. The topological polar surface area (TPSA) is 96.5 Å². The molecule has 7 nitrogen and oxygen atoms in total. The van der Waals surface area contributed by atoms with Gasteiger partial charge in [-0.05, 0) is 18.1 Å². The second-order valence-electron chi connectivity index (χ2n) is 6.29. The van der Waals surface area contributed by atoms with E-state index in [1.165, 1.54) is 7.05 Å². The number of hydrogen-bond donors (Lipinski definition) is 3. The van der Waals surface area contributed by atoms with Crippen molar-refractivity contribution in [2.24, 2.45) is 0 Å². The molecule has 2 atom stereocenters. The van der Waals surface area contributed by atoms with Crippen LogP contribution in [0.2, 0.25) is 0 Å². The van der Waals surface area contributed by atoms with E-state index in [0.29, 0.717) is 0 Å². The summed E-state index contributed by atoms with van der Waals surface area (Å²) in [7, 11) is 1.49. The number of benzene rings is 2. The highest BCUT2D eigenvalue weighted by Gasteiger charge is 2.25. The first kappa shape index (κ1) is 21.0. The summed E-state index contributed by atoms with van der Waals surface area (Å²) in [4.78, 5) is 36.5. The van der Waals surface area contributed by atoms with Crippen LogP contribution in [0, 0.1) is 0 Å². The van der Waals surface area contributed by atoms with Gasteiger partial charge < -0.3 is 20.7 Å². The van der Waals surface area contributed by atoms with Gasteiger partial charge >= 0.3 is 6.09 Å². The fraction of sp³-hybridized carbons (Fsp3) is 0.286. The average molecular weight is 383 g/mol. The fourth-order valence-electron chi connectivity index (χ4n) is 2.56. The maximum atomic E-state index is 12.6. The highest BCUT2D eigenvalue weighted by Crippen LogP contribution is 2.06. The molecule has 0 saturated heterocycles. The van der Waals surface area contributed by atoms with E-state index in [1.54, 1.807) is 6.92 Å². The minimum Gasteiger partial charge on any atom is -0.445 e. The second kappa shape index (κ2) is 10.7. The van der Waals surface area contributed by atoms with E-state index < -0.39 is 24.1 Å². The molecule has 0 aliphatic rings. The standard InChI is InChI=1S/C21H25N3O4/c1-15(19(25)22-2)23-20(26)18(13-16-9-5-3-6-10-16)24-21(27)28-14-17-11-7-4-8-12-17/h3-12,15,18H,13-14H2,1-2H3,(H,22,25)(H,23,26)(H,24,27). The van der Waals surface area contributed by atoms with Gasteiger partial charge in [0.15, 0.2) is 0 Å². The summed E-state index contributed by atoms with van der Waals surface area (Å²) in [5.74, 6) is -0.782. The zero-order valence-corrected chi connectivity index (χ0v) is 16.0. The monoisotopic (exact) mass is 383 g/mol. The van der Waals surface area contributed by atoms with Crippen molar-refractivity contribution in [3.8, 4) is 0 Å². The smallest absolute Gasteiger partial charge is 0.408 e. The van der Waals surface area contributed by atoms with E-state index in [2.05, 4.69) is 16.0 Å². The minimum atomic E-state index is -0.877. The molecule has 0 aliphatic carbocycles. The van der Waals surface area contributed by atoms with Crippen LogP contribution in [0.1, 0.15) is 18.1 Å². The molecule has 0 bridgehead atoms. The molecule has 148 valence electrons. The van der Waals surface area contributed by atoms with Gasteiger partial charge in [0.1, 0.15) is 18.7 Å². The molecule has 28 heavy (non-hydrogen) atoms. The van der Waals surface area contributed by atoms with Crippen molar-refractivity contribution < 1.29 is 19.1 Å². The third kappa shape index (κ3) is 6.75. The fourth-order valence-corrected chi connectivity index (χ4v) is 2.56. The Morgan fingerprint density at radius 1 is 0.857 bits per heavy atom. The summed E-state index contributed by atoms with van der Waals surface area (Å²) < 4.78 is 5.21. The molecule has 0 aliphatic heterocycles. The Labute approximate surface area is 164 Å². The van der Waals surface area contributed by atoms with Crippen LogP contribution >= 0.6 is 0 Å². The summed E-state index contributed by atoms with van der Waals surface area (Å²) in [6, 6.07) is 16.9. The van der Waals surface area contributed by atoms with E-state index in [4.69, 9.17) is 4.74 Å². The van der Waals surface area contributed by atoms with Crippen molar-refractivity contribution in [1.82, 2.24) is 16.0 Å². The van der Waals surface area contributed by atoms with Gasteiger partial charge in [0.05, 0.1) is 0 Å². The van der Waals surface area contributed by atoms with Crippen molar-refractivity contribution in [2.75, 3.05) is 7.05 Å². The first-order valence-corrected chi connectivity index (χ1v) is 9.02. The van der Waals surface area contributed by atoms with Crippen LogP contribution in [0.15, 0.2) is 60.7 Å². The third-order valence-corrected chi connectivity index (χ3v) is 4.10. The highest BCUT2D eigenvalue weighted by molar-refractivity contribution is 5.91. The quantitative estimate of drug-likeness (QED) is 0.647. The molecule has 3 amide bonds. The summed E-state index contributed by atoms with van der Waals surface area (Å²) in [5, 5.41) is 7.67. The molecule has 7 heteroatoms. The number of likely N-dealkylation sites (N-methyl/N-ethyl adjacent to an activating group) is 1. The lowest BCUT2D eigenvalue weighted by Gasteiger charge is -2.21. The number of hydrogen-bond acceptors (Lipinski definition) is 4. The molecule has 2 rings (SSSR count). The van der Waals surface area contributed by atoms with Crippen LogP contribution in [0.4, 0.5) is 4.79 Å². The summed E-state index contributed by atoms with van der Waals surface area (Å²) in [6.07, 6.45) is -0.430. The van der Waals surface area contributed by atoms with Gasteiger partial charge in [-0.15, -0.1) is 0 Å². The number of carbonyl (C=O) groups is 3. The Bertz CT molecular complexity index is 781. The van der Waals surface area contributed by atoms with E-state index in [1.807, 2.05) is 60.7 Å². The highest BCUT2D eigenvalue weighted by atomic mass is 16.5. The summed E-state index contributed by atoms with van der Waals surface area (Å²) >= 11 is 0. The lowest BCUT2D eigenvalue weighted by molar-refractivity contribution is -0.129. The lowest BCUT2D eigenvalue weighted by Crippen LogP contribution is -2.53. The molecule has 2 aromatic carbocycles. The van der Waals surface area contributed by atoms with E-state index >= 15 is 0 Å². The van der Waals surface area contributed by atoms with E-state index in [0.717, 1.165) is 11.1 Å². The Morgan fingerprint density at radius 3 is 2.00 bits per heavy atom. The normalized spacial score (nSPS) is 12.4. The molecule has 0 saturated carbocycles. The molecular formula is C21H25N3O4. The average Bonchev–Trinajstić information content (AvgIpc) is 2.72. The number of alkyl carbamates (subject to hydrolysis) is 1. The molecule has 0 fully saturated rings. The Hall–Kier alpha value is -3.35. The van der Waals surface area contributed by atoms with Crippen molar-refractivity contribution in [2.45, 2.75) is 32.0 Å². The minimum absolute atomic E-state index is 0.0982. The Kier molecular flexibility index (Phi) is 8.02. The van der Waals surface area contributed by atoms with Crippen LogP contribution in [-0.2, 0) is 27.4 Å². The molecule has 3 N–H and O–H groups in total. The Balaban J connectivity index is 2.01. The number of ether oxygens (including phenoxy) is 1. The van der Waals surface area contributed by atoms with Gasteiger partial charge in [0.25, 0.3) is 0 Å².